The van der Waals surface area contributed by atoms with Gasteiger partial charge in [0.15, 0.2) is 5.11 Å². The molecule has 0 heterocycles. The van der Waals surface area contributed by atoms with E-state index in [1.165, 1.54) is 32.1 Å². The molecule has 0 radical (unpaired) electrons. The van der Waals surface area contributed by atoms with Crippen LogP contribution >= 0.6 is 12.2 Å². The van der Waals surface area contributed by atoms with Crippen molar-refractivity contribution in [1.29, 1.82) is 0 Å². The Balaban J connectivity index is 2.22. The Bertz CT molecular complexity index is 194. The van der Waals surface area contributed by atoms with Crippen molar-refractivity contribution in [3.63, 3.8) is 0 Å². The Kier molecular flexibility index (Phi) is 5.99. The molecule has 0 aromatic rings. The predicted molar refractivity (Wildman–Crippen MR) is 70.1 cm³/mol. The van der Waals surface area contributed by atoms with E-state index in [1.54, 1.807) is 0 Å². The van der Waals surface area contributed by atoms with Gasteiger partial charge in [0.25, 0.3) is 0 Å². The molecule has 2 nitrogen and oxygen atoms in total. The molecule has 0 amide bonds. The van der Waals surface area contributed by atoms with Crippen molar-refractivity contribution in [3.05, 3.63) is 0 Å². The van der Waals surface area contributed by atoms with Crippen molar-refractivity contribution >= 4 is 17.3 Å². The monoisotopic (exact) mass is 228 g/mol. The van der Waals surface area contributed by atoms with Gasteiger partial charge in [-0.1, -0.05) is 26.7 Å². The molecule has 2 N–H and O–H groups in total. The fourth-order valence-electron chi connectivity index (χ4n) is 2.11. The maximum Gasteiger partial charge on any atom is 0.166 e. The van der Waals surface area contributed by atoms with Crippen molar-refractivity contribution in [2.45, 2.75) is 58.4 Å². The van der Waals surface area contributed by atoms with Gasteiger partial charge in [-0.05, 0) is 43.8 Å². The van der Waals surface area contributed by atoms with E-state index in [2.05, 4.69) is 24.5 Å². The summed E-state index contributed by atoms with van der Waals surface area (Å²) in [5, 5.41) is 7.51. The topological polar surface area (TPSA) is 24.1 Å². The van der Waals surface area contributed by atoms with E-state index in [9.17, 15) is 0 Å². The largest absolute Gasteiger partial charge is 0.363 e. The van der Waals surface area contributed by atoms with Gasteiger partial charge in [0.2, 0.25) is 0 Å². The Morgan fingerprint density at radius 1 is 1.27 bits per heavy atom. The fourth-order valence-corrected chi connectivity index (χ4v) is 2.38. The van der Waals surface area contributed by atoms with Gasteiger partial charge in [-0.15, -0.1) is 0 Å². The average Bonchev–Trinajstić information content (AvgIpc) is 2.41. The molecule has 1 aliphatic carbocycles. The van der Waals surface area contributed by atoms with Gasteiger partial charge >= 0.3 is 0 Å². The maximum absolute atomic E-state index is 5.25. The molecule has 0 saturated heterocycles. The molecule has 0 aromatic heterocycles. The summed E-state index contributed by atoms with van der Waals surface area (Å²) < 4.78 is 0. The van der Waals surface area contributed by atoms with E-state index in [-0.39, 0.29) is 0 Å². The summed E-state index contributed by atoms with van der Waals surface area (Å²) in [5.74, 6) is 0.897. The third kappa shape index (κ3) is 5.36. The number of hydrogen-bond acceptors (Lipinski definition) is 1. The van der Waals surface area contributed by atoms with Gasteiger partial charge in [0.1, 0.15) is 0 Å². The number of thiocarbonyl (C=S) groups is 1. The minimum absolute atomic E-state index is 0.604. The van der Waals surface area contributed by atoms with Crippen LogP contribution in [0.1, 0.15) is 52.4 Å². The van der Waals surface area contributed by atoms with Gasteiger partial charge in [-0.3, -0.25) is 0 Å². The average molecular weight is 228 g/mol. The smallest absolute Gasteiger partial charge is 0.166 e. The Labute approximate surface area is 99.2 Å². The van der Waals surface area contributed by atoms with Crippen molar-refractivity contribution in [1.82, 2.24) is 10.6 Å². The van der Waals surface area contributed by atoms with Crippen molar-refractivity contribution in [3.8, 4) is 0 Å². The second-order valence-electron chi connectivity index (χ2n) is 4.71. The van der Waals surface area contributed by atoms with Crippen LogP contribution in [-0.2, 0) is 0 Å². The minimum Gasteiger partial charge on any atom is -0.363 e. The summed E-state index contributed by atoms with van der Waals surface area (Å²) in [6, 6.07) is 0.604. The van der Waals surface area contributed by atoms with E-state index in [0.717, 1.165) is 24.0 Å². The molecule has 1 fully saturated rings. The maximum atomic E-state index is 5.25. The molecule has 0 bridgehead atoms. The lowest BCUT2D eigenvalue weighted by Crippen LogP contribution is -2.41. The molecular weight excluding hydrogens is 204 g/mol. The fraction of sp³-hybridized carbons (Fsp3) is 0.917. The van der Waals surface area contributed by atoms with Crippen molar-refractivity contribution < 1.29 is 0 Å². The van der Waals surface area contributed by atoms with Crippen molar-refractivity contribution in [2.75, 3.05) is 6.54 Å². The Morgan fingerprint density at radius 3 is 2.80 bits per heavy atom. The molecule has 2 unspecified atom stereocenters. The molecule has 1 saturated carbocycles. The Hall–Kier alpha value is -0.310. The summed E-state index contributed by atoms with van der Waals surface area (Å²) >= 11 is 5.25. The highest BCUT2D eigenvalue weighted by Gasteiger charge is 2.16. The standard InChI is InChI=1S/C12H24N2S/c1-3-9-13-12(15)14-11-6-4-5-10(2)7-8-11/h10-11H,3-9H2,1-2H3,(H2,13,14,15). The van der Waals surface area contributed by atoms with Crippen LogP contribution in [0.15, 0.2) is 0 Å². The number of rotatable bonds is 3. The third-order valence-corrected chi connectivity index (χ3v) is 3.39. The summed E-state index contributed by atoms with van der Waals surface area (Å²) in [7, 11) is 0. The molecule has 88 valence electrons. The van der Waals surface area contributed by atoms with Gasteiger partial charge in [-0.25, -0.2) is 0 Å². The summed E-state index contributed by atoms with van der Waals surface area (Å²) in [4.78, 5) is 0. The molecule has 1 aliphatic rings. The SMILES string of the molecule is CCCNC(=S)NC1CCCC(C)CC1. The molecule has 15 heavy (non-hydrogen) atoms. The van der Waals surface area contributed by atoms with E-state index >= 15 is 0 Å². The molecule has 0 aliphatic heterocycles. The first-order valence-corrected chi connectivity index (χ1v) is 6.67. The molecule has 0 spiro atoms. The molecule has 0 aromatic carbocycles. The van der Waals surface area contributed by atoms with Crippen LogP contribution in [0.2, 0.25) is 0 Å². The second kappa shape index (κ2) is 7.04. The van der Waals surface area contributed by atoms with Gasteiger partial charge in [0.05, 0.1) is 0 Å². The van der Waals surface area contributed by atoms with Crippen LogP contribution in [0.3, 0.4) is 0 Å². The van der Waals surface area contributed by atoms with E-state index < -0.39 is 0 Å². The van der Waals surface area contributed by atoms with Gasteiger partial charge in [-0.2, -0.15) is 0 Å². The first kappa shape index (κ1) is 12.8. The first-order chi connectivity index (χ1) is 7.22. The van der Waals surface area contributed by atoms with Crippen LogP contribution in [0.4, 0.5) is 0 Å². The van der Waals surface area contributed by atoms with Gasteiger partial charge < -0.3 is 10.6 Å². The van der Waals surface area contributed by atoms with Gasteiger partial charge in [0, 0.05) is 12.6 Å². The normalized spacial score (nSPS) is 26.8. The summed E-state index contributed by atoms with van der Waals surface area (Å²) in [5.41, 5.74) is 0. The predicted octanol–water partition coefficient (Wildman–Crippen LogP) is 2.83. The summed E-state index contributed by atoms with van der Waals surface area (Å²) in [6.45, 7) is 5.49. The van der Waals surface area contributed by atoms with Crippen LogP contribution in [-0.4, -0.2) is 17.7 Å². The summed E-state index contributed by atoms with van der Waals surface area (Å²) in [6.07, 6.45) is 7.74. The van der Waals surface area contributed by atoms with E-state index in [1.807, 2.05) is 0 Å². The third-order valence-electron chi connectivity index (χ3n) is 3.13. The zero-order valence-electron chi connectivity index (χ0n) is 10.0. The van der Waals surface area contributed by atoms with Crippen LogP contribution in [0.5, 0.6) is 0 Å². The first-order valence-electron chi connectivity index (χ1n) is 6.26. The zero-order chi connectivity index (χ0) is 11.1. The quantitative estimate of drug-likeness (QED) is 0.574. The lowest BCUT2D eigenvalue weighted by molar-refractivity contribution is 0.488. The number of hydrogen-bond donors (Lipinski definition) is 2. The minimum atomic E-state index is 0.604. The van der Waals surface area contributed by atoms with Crippen LogP contribution < -0.4 is 10.6 Å². The van der Waals surface area contributed by atoms with E-state index in [4.69, 9.17) is 12.2 Å². The zero-order valence-corrected chi connectivity index (χ0v) is 10.8. The molecular formula is C12H24N2S. The lowest BCUT2D eigenvalue weighted by Gasteiger charge is -2.18. The van der Waals surface area contributed by atoms with Crippen LogP contribution in [0.25, 0.3) is 0 Å². The molecule has 1 rings (SSSR count). The lowest BCUT2D eigenvalue weighted by atomic mass is 10.0. The highest BCUT2D eigenvalue weighted by Crippen LogP contribution is 2.22. The Morgan fingerprint density at radius 2 is 2.07 bits per heavy atom. The highest BCUT2D eigenvalue weighted by molar-refractivity contribution is 7.80. The van der Waals surface area contributed by atoms with Crippen molar-refractivity contribution in [2.24, 2.45) is 5.92 Å². The second-order valence-corrected chi connectivity index (χ2v) is 5.12. The number of nitrogens with one attached hydrogen (secondary N) is 2. The highest BCUT2D eigenvalue weighted by atomic mass is 32.1. The van der Waals surface area contributed by atoms with Crippen LogP contribution in [0, 0.1) is 5.92 Å². The van der Waals surface area contributed by atoms with E-state index in [0.29, 0.717) is 6.04 Å². The molecule has 2 atom stereocenters. The molecule has 3 heteroatoms.